The van der Waals surface area contributed by atoms with E-state index in [1.54, 1.807) is 0 Å². The maximum atomic E-state index is 4.28. The molecular formula is C15H21N. The standard InChI is InChI=1S/C15H21N/c1-6-11-15(3,4)14(16-5)13-9-7-12(2)8-10-13/h6-11,14H,5H2,1-4H3/b11-6-/t14-/m1/s1. The van der Waals surface area contributed by atoms with E-state index in [0.29, 0.717) is 0 Å². The number of hydrogen-bond acceptors (Lipinski definition) is 1. The monoisotopic (exact) mass is 215 g/mol. The molecule has 0 saturated heterocycles. The molecule has 1 aromatic carbocycles. The molecular weight excluding hydrogens is 194 g/mol. The number of nitrogens with zero attached hydrogens (tertiary/aromatic N) is 1. The van der Waals surface area contributed by atoms with Crippen molar-refractivity contribution in [2.75, 3.05) is 0 Å². The van der Waals surface area contributed by atoms with Crippen LogP contribution >= 0.6 is 0 Å². The molecule has 1 heteroatoms. The molecule has 0 N–H and O–H groups in total. The van der Waals surface area contributed by atoms with Crippen LogP contribution in [-0.4, -0.2) is 6.72 Å². The molecule has 0 bridgehead atoms. The Kier molecular flexibility index (Phi) is 4.05. The van der Waals surface area contributed by atoms with Crippen molar-refractivity contribution in [3.05, 3.63) is 47.5 Å². The number of aliphatic imine (C=N–C) groups is 1. The first-order valence-corrected chi connectivity index (χ1v) is 5.67. The molecule has 0 heterocycles. The average Bonchev–Trinajstić information content (AvgIpc) is 2.21. The summed E-state index contributed by atoms with van der Waals surface area (Å²) in [4.78, 5) is 4.28. The van der Waals surface area contributed by atoms with Crippen LogP contribution in [0.5, 0.6) is 0 Å². The Bertz CT molecular complexity index is 371. The summed E-state index contributed by atoms with van der Waals surface area (Å²) in [7, 11) is 0. The first-order chi connectivity index (χ1) is 7.51. The SMILES string of the molecule is C=N[C@H](c1ccc(C)cc1)C(C)(C)/C=C\C. The highest BCUT2D eigenvalue weighted by Crippen LogP contribution is 2.37. The van der Waals surface area contributed by atoms with Crippen LogP contribution in [0.25, 0.3) is 0 Å². The van der Waals surface area contributed by atoms with Gasteiger partial charge in [0.15, 0.2) is 0 Å². The molecule has 0 spiro atoms. The van der Waals surface area contributed by atoms with Gasteiger partial charge in [-0.05, 0) is 26.1 Å². The summed E-state index contributed by atoms with van der Waals surface area (Å²) in [5, 5.41) is 0. The zero-order valence-corrected chi connectivity index (χ0v) is 10.7. The molecule has 0 aromatic heterocycles. The normalized spacial score (nSPS) is 14.0. The van der Waals surface area contributed by atoms with E-state index in [0.717, 1.165) is 0 Å². The van der Waals surface area contributed by atoms with Gasteiger partial charge >= 0.3 is 0 Å². The predicted octanol–water partition coefficient (Wildman–Crippen LogP) is 4.34. The molecule has 0 aliphatic rings. The largest absolute Gasteiger partial charge is 0.292 e. The fraction of sp³-hybridized carbons (Fsp3) is 0.400. The minimum atomic E-state index is 0.00571. The Morgan fingerprint density at radius 2 is 1.81 bits per heavy atom. The fourth-order valence-electron chi connectivity index (χ4n) is 2.04. The second-order valence-corrected chi connectivity index (χ2v) is 4.82. The van der Waals surface area contributed by atoms with Gasteiger partial charge in [0.05, 0.1) is 6.04 Å². The third-order valence-corrected chi connectivity index (χ3v) is 2.88. The maximum Gasteiger partial charge on any atom is 0.0827 e. The van der Waals surface area contributed by atoms with Gasteiger partial charge < -0.3 is 0 Å². The van der Waals surface area contributed by atoms with E-state index in [9.17, 15) is 0 Å². The second kappa shape index (κ2) is 5.11. The summed E-state index contributed by atoms with van der Waals surface area (Å²) in [6, 6.07) is 8.64. The van der Waals surface area contributed by atoms with Crippen LogP contribution in [0.15, 0.2) is 41.4 Å². The van der Waals surface area contributed by atoms with Crippen molar-refractivity contribution in [1.82, 2.24) is 0 Å². The van der Waals surface area contributed by atoms with Crippen molar-refractivity contribution >= 4 is 6.72 Å². The van der Waals surface area contributed by atoms with Gasteiger partial charge in [0, 0.05) is 5.41 Å². The Labute approximate surface area is 98.9 Å². The van der Waals surface area contributed by atoms with Crippen molar-refractivity contribution in [3.63, 3.8) is 0 Å². The minimum absolute atomic E-state index is 0.00571. The molecule has 1 nitrogen and oxygen atoms in total. The summed E-state index contributed by atoms with van der Waals surface area (Å²) in [6.07, 6.45) is 4.26. The van der Waals surface area contributed by atoms with Crippen LogP contribution < -0.4 is 0 Å². The van der Waals surface area contributed by atoms with Crippen molar-refractivity contribution in [3.8, 4) is 0 Å². The lowest BCUT2D eigenvalue weighted by molar-refractivity contribution is 0.384. The van der Waals surface area contributed by atoms with E-state index in [1.165, 1.54) is 11.1 Å². The summed E-state index contributed by atoms with van der Waals surface area (Å²) in [5.41, 5.74) is 2.50. The minimum Gasteiger partial charge on any atom is -0.292 e. The summed E-state index contributed by atoms with van der Waals surface area (Å²) >= 11 is 0. The molecule has 16 heavy (non-hydrogen) atoms. The van der Waals surface area contributed by atoms with Crippen LogP contribution in [-0.2, 0) is 0 Å². The molecule has 1 aromatic rings. The molecule has 0 aliphatic heterocycles. The van der Waals surface area contributed by atoms with Gasteiger partial charge in [0.2, 0.25) is 0 Å². The zero-order valence-electron chi connectivity index (χ0n) is 10.7. The van der Waals surface area contributed by atoms with Gasteiger partial charge in [-0.2, -0.15) is 0 Å². The van der Waals surface area contributed by atoms with Crippen LogP contribution in [0.3, 0.4) is 0 Å². The van der Waals surface area contributed by atoms with E-state index in [1.807, 2.05) is 6.92 Å². The Morgan fingerprint density at radius 3 is 2.25 bits per heavy atom. The molecule has 0 amide bonds. The van der Waals surface area contributed by atoms with E-state index < -0.39 is 0 Å². The number of allylic oxidation sites excluding steroid dienone is 1. The van der Waals surface area contributed by atoms with Gasteiger partial charge in [-0.15, -0.1) is 0 Å². The van der Waals surface area contributed by atoms with Gasteiger partial charge in [-0.1, -0.05) is 55.8 Å². The van der Waals surface area contributed by atoms with Crippen molar-refractivity contribution < 1.29 is 0 Å². The maximum absolute atomic E-state index is 4.28. The zero-order chi connectivity index (χ0) is 12.2. The highest BCUT2D eigenvalue weighted by molar-refractivity contribution is 5.32. The van der Waals surface area contributed by atoms with Crippen molar-refractivity contribution in [2.24, 2.45) is 10.4 Å². The number of rotatable bonds is 4. The molecule has 1 rings (SSSR count). The Morgan fingerprint density at radius 1 is 1.25 bits per heavy atom. The van der Waals surface area contributed by atoms with Crippen molar-refractivity contribution in [2.45, 2.75) is 33.7 Å². The van der Waals surface area contributed by atoms with E-state index in [4.69, 9.17) is 0 Å². The van der Waals surface area contributed by atoms with Crippen LogP contribution in [0, 0.1) is 12.3 Å². The Hall–Kier alpha value is -1.37. The molecule has 86 valence electrons. The third-order valence-electron chi connectivity index (χ3n) is 2.88. The van der Waals surface area contributed by atoms with Gasteiger partial charge in [-0.25, -0.2) is 0 Å². The highest BCUT2D eigenvalue weighted by Gasteiger charge is 2.26. The lowest BCUT2D eigenvalue weighted by atomic mass is 9.80. The summed E-state index contributed by atoms with van der Waals surface area (Å²) < 4.78 is 0. The average molecular weight is 215 g/mol. The van der Waals surface area contributed by atoms with Crippen LogP contribution in [0.1, 0.15) is 37.9 Å². The number of benzene rings is 1. The molecule has 0 aliphatic carbocycles. The predicted molar refractivity (Wildman–Crippen MR) is 72.1 cm³/mol. The van der Waals surface area contributed by atoms with E-state index >= 15 is 0 Å². The quantitative estimate of drug-likeness (QED) is 0.523. The number of aryl methyl sites for hydroxylation is 1. The Balaban J connectivity index is 3.07. The van der Waals surface area contributed by atoms with Crippen molar-refractivity contribution in [1.29, 1.82) is 0 Å². The molecule has 0 fully saturated rings. The topological polar surface area (TPSA) is 12.4 Å². The summed E-state index contributed by atoms with van der Waals surface area (Å²) in [6.45, 7) is 12.2. The van der Waals surface area contributed by atoms with Crippen LogP contribution in [0.4, 0.5) is 0 Å². The highest BCUT2D eigenvalue weighted by atomic mass is 14.8. The molecule has 0 saturated carbocycles. The van der Waals surface area contributed by atoms with Gasteiger partial charge in [0.1, 0.15) is 0 Å². The molecule has 1 atom stereocenters. The van der Waals surface area contributed by atoms with E-state index in [-0.39, 0.29) is 11.5 Å². The van der Waals surface area contributed by atoms with Crippen LogP contribution in [0.2, 0.25) is 0 Å². The number of hydrogen-bond donors (Lipinski definition) is 0. The second-order valence-electron chi connectivity index (χ2n) is 4.82. The lowest BCUT2D eigenvalue weighted by Crippen LogP contribution is -2.18. The summed E-state index contributed by atoms with van der Waals surface area (Å²) in [5.74, 6) is 0. The molecule has 0 radical (unpaired) electrons. The first-order valence-electron chi connectivity index (χ1n) is 5.67. The van der Waals surface area contributed by atoms with Gasteiger partial charge in [0.25, 0.3) is 0 Å². The van der Waals surface area contributed by atoms with E-state index in [2.05, 4.69) is 68.9 Å². The fourth-order valence-corrected chi connectivity index (χ4v) is 2.04. The third kappa shape index (κ3) is 2.82. The smallest absolute Gasteiger partial charge is 0.0827 e. The first kappa shape index (κ1) is 12.7. The van der Waals surface area contributed by atoms with Gasteiger partial charge in [-0.3, -0.25) is 4.99 Å². The lowest BCUT2D eigenvalue weighted by Gasteiger charge is -2.28. The molecule has 0 unspecified atom stereocenters.